The summed E-state index contributed by atoms with van der Waals surface area (Å²) in [5.74, 6) is 2.53. The molecule has 2 heteroatoms. The van der Waals surface area contributed by atoms with Crippen LogP contribution < -0.4 is 0 Å². The van der Waals surface area contributed by atoms with Crippen LogP contribution in [-0.2, 0) is 0 Å². The van der Waals surface area contributed by atoms with Gasteiger partial charge in [0.1, 0.15) is 0 Å². The molecule has 0 aromatic heterocycles. The summed E-state index contributed by atoms with van der Waals surface area (Å²) in [6, 6.07) is 10.2. The fourth-order valence-corrected chi connectivity index (χ4v) is 10.4. The third-order valence-electron chi connectivity index (χ3n) is 12.3. The lowest BCUT2D eigenvalue weighted by molar-refractivity contribution is 0.520. The number of hydrogen-bond donors (Lipinski definition) is 0. The fourth-order valence-electron chi connectivity index (χ4n) is 8.40. The molecular formula is C54H101S2. The molecule has 0 heterocycles. The number of thioether (sulfide) groups is 2. The molecule has 0 saturated heterocycles. The molecule has 0 atom stereocenters. The molecule has 0 unspecified atom stereocenters. The maximum Gasteiger partial charge on any atom is 0.00892 e. The van der Waals surface area contributed by atoms with E-state index in [-0.39, 0.29) is 0 Å². The lowest BCUT2D eigenvalue weighted by atomic mass is 10.0. The van der Waals surface area contributed by atoms with E-state index < -0.39 is 0 Å². The SMILES string of the molecule is CCCCCCCCCCCCCCCCCCCCCCCCSc1c[c]cc(SCCCCCCCCCCCCCCCCCCCCCCCC)c1. The summed E-state index contributed by atoms with van der Waals surface area (Å²) in [6.07, 6.45) is 64.2. The van der Waals surface area contributed by atoms with Gasteiger partial charge in [0.2, 0.25) is 0 Å². The predicted octanol–water partition coefficient (Wildman–Crippen LogP) is 20.9. The van der Waals surface area contributed by atoms with Crippen LogP contribution in [0.2, 0.25) is 0 Å². The largest absolute Gasteiger partial charge is 0.126 e. The molecule has 1 radical (unpaired) electrons. The van der Waals surface area contributed by atoms with E-state index in [2.05, 4.69) is 38.1 Å². The molecule has 0 aliphatic rings. The van der Waals surface area contributed by atoms with Crippen LogP contribution in [0.3, 0.4) is 0 Å². The summed E-state index contributed by atoms with van der Waals surface area (Å²) in [5.41, 5.74) is 0. The van der Waals surface area contributed by atoms with E-state index >= 15 is 0 Å². The fraction of sp³-hybridized carbons (Fsp3) is 0.889. The Morgan fingerprint density at radius 2 is 0.446 bits per heavy atom. The summed E-state index contributed by atoms with van der Waals surface area (Å²) in [7, 11) is 0. The van der Waals surface area contributed by atoms with Gasteiger partial charge < -0.3 is 0 Å². The average molecular weight is 815 g/mol. The van der Waals surface area contributed by atoms with Gasteiger partial charge in [0.05, 0.1) is 0 Å². The summed E-state index contributed by atoms with van der Waals surface area (Å²) in [5, 5.41) is 0. The molecule has 0 bridgehead atoms. The monoisotopic (exact) mass is 814 g/mol. The first-order valence-electron chi connectivity index (χ1n) is 26.1. The van der Waals surface area contributed by atoms with Gasteiger partial charge in [-0.1, -0.05) is 284 Å². The molecule has 0 nitrogen and oxygen atoms in total. The molecular weight excluding hydrogens is 713 g/mol. The van der Waals surface area contributed by atoms with E-state index in [9.17, 15) is 0 Å². The normalized spacial score (nSPS) is 11.6. The van der Waals surface area contributed by atoms with Crippen molar-refractivity contribution in [2.45, 2.75) is 306 Å². The third-order valence-corrected chi connectivity index (χ3v) is 14.4. The molecule has 0 fully saturated rings. The van der Waals surface area contributed by atoms with Crippen molar-refractivity contribution in [2.75, 3.05) is 11.5 Å². The van der Waals surface area contributed by atoms with Crippen molar-refractivity contribution in [3.8, 4) is 0 Å². The molecule has 0 aliphatic carbocycles. The van der Waals surface area contributed by atoms with Crippen molar-refractivity contribution in [2.24, 2.45) is 0 Å². The Bertz CT molecular complexity index is 785. The second-order valence-electron chi connectivity index (χ2n) is 18.0. The first-order chi connectivity index (χ1) is 27.9. The molecule has 0 saturated carbocycles. The Kier molecular flexibility index (Phi) is 45.8. The van der Waals surface area contributed by atoms with Crippen molar-refractivity contribution in [3.63, 3.8) is 0 Å². The van der Waals surface area contributed by atoms with Crippen LogP contribution >= 0.6 is 23.5 Å². The van der Waals surface area contributed by atoms with E-state index in [1.54, 1.807) is 0 Å². The smallest absolute Gasteiger partial charge is 0.00892 e. The van der Waals surface area contributed by atoms with Crippen LogP contribution in [-0.4, -0.2) is 11.5 Å². The van der Waals surface area contributed by atoms with Crippen LogP contribution in [0.5, 0.6) is 0 Å². The second kappa shape index (κ2) is 47.6. The van der Waals surface area contributed by atoms with Gasteiger partial charge in [0.25, 0.3) is 0 Å². The van der Waals surface area contributed by atoms with Crippen LogP contribution in [0, 0.1) is 6.07 Å². The van der Waals surface area contributed by atoms with Gasteiger partial charge in [0, 0.05) is 9.79 Å². The van der Waals surface area contributed by atoms with Crippen LogP contribution in [0.25, 0.3) is 0 Å². The predicted molar refractivity (Wildman–Crippen MR) is 261 cm³/mol. The van der Waals surface area contributed by atoms with Gasteiger partial charge in [-0.25, -0.2) is 0 Å². The molecule has 1 aromatic rings. The summed E-state index contributed by atoms with van der Waals surface area (Å²) in [4.78, 5) is 2.85. The standard InChI is InChI=1S/C54H101S2/c1-3-5-7-9-11-13-15-17-19-21-23-25-27-29-31-33-35-37-39-41-43-45-50-55-53-48-47-49-54(52-53)56-51-46-44-42-40-38-36-34-32-30-28-26-24-22-20-18-16-14-12-10-8-6-4-2/h48-49,52H,3-46,50-51H2,1-2H3. The highest BCUT2D eigenvalue weighted by molar-refractivity contribution is 8.00. The Morgan fingerprint density at radius 1 is 0.268 bits per heavy atom. The van der Waals surface area contributed by atoms with Gasteiger partial charge in [-0.15, -0.1) is 23.5 Å². The van der Waals surface area contributed by atoms with Gasteiger partial charge >= 0.3 is 0 Å². The van der Waals surface area contributed by atoms with Gasteiger partial charge in [-0.2, -0.15) is 0 Å². The first kappa shape index (κ1) is 53.9. The van der Waals surface area contributed by atoms with Crippen molar-refractivity contribution in [3.05, 3.63) is 24.3 Å². The maximum atomic E-state index is 3.42. The van der Waals surface area contributed by atoms with Crippen LogP contribution in [0.15, 0.2) is 28.0 Å². The lowest BCUT2D eigenvalue weighted by Crippen LogP contribution is -1.86. The van der Waals surface area contributed by atoms with Gasteiger partial charge in [-0.3, -0.25) is 0 Å². The number of benzene rings is 1. The zero-order valence-corrected chi connectivity index (χ0v) is 40.2. The van der Waals surface area contributed by atoms with Crippen LogP contribution in [0.4, 0.5) is 0 Å². The highest BCUT2D eigenvalue weighted by Gasteiger charge is 2.01. The van der Waals surface area contributed by atoms with Crippen molar-refractivity contribution in [1.29, 1.82) is 0 Å². The van der Waals surface area contributed by atoms with E-state index in [0.29, 0.717) is 0 Å². The number of rotatable bonds is 48. The zero-order chi connectivity index (χ0) is 39.9. The zero-order valence-electron chi connectivity index (χ0n) is 38.6. The molecule has 329 valence electrons. The molecule has 1 aromatic carbocycles. The summed E-state index contributed by atoms with van der Waals surface area (Å²) < 4.78 is 0. The van der Waals surface area contributed by atoms with Gasteiger partial charge in [-0.05, 0) is 48.6 Å². The molecule has 1 rings (SSSR count). The van der Waals surface area contributed by atoms with E-state index in [4.69, 9.17) is 0 Å². The maximum absolute atomic E-state index is 3.42. The van der Waals surface area contributed by atoms with Crippen molar-refractivity contribution < 1.29 is 0 Å². The second-order valence-corrected chi connectivity index (χ2v) is 20.3. The molecule has 0 aliphatic heterocycles. The Balaban J connectivity index is 1.77. The van der Waals surface area contributed by atoms with E-state index in [1.807, 2.05) is 23.5 Å². The molecule has 56 heavy (non-hydrogen) atoms. The summed E-state index contributed by atoms with van der Waals surface area (Å²) >= 11 is 4.10. The highest BCUT2D eigenvalue weighted by Crippen LogP contribution is 2.27. The first-order valence-corrected chi connectivity index (χ1v) is 28.1. The number of hydrogen-bond acceptors (Lipinski definition) is 2. The topological polar surface area (TPSA) is 0 Å². The summed E-state index contributed by atoms with van der Waals surface area (Å²) in [6.45, 7) is 4.62. The van der Waals surface area contributed by atoms with Crippen molar-refractivity contribution >= 4 is 23.5 Å². The Morgan fingerprint density at radius 3 is 0.643 bits per heavy atom. The van der Waals surface area contributed by atoms with E-state index in [1.165, 1.54) is 304 Å². The highest BCUT2D eigenvalue weighted by atomic mass is 32.2. The van der Waals surface area contributed by atoms with Crippen molar-refractivity contribution in [1.82, 2.24) is 0 Å². The van der Waals surface area contributed by atoms with E-state index in [0.717, 1.165) is 0 Å². The van der Waals surface area contributed by atoms with Gasteiger partial charge in [0.15, 0.2) is 0 Å². The van der Waals surface area contributed by atoms with Crippen LogP contribution in [0.1, 0.15) is 296 Å². The lowest BCUT2D eigenvalue weighted by Gasteiger charge is -2.06. The Labute approximate surface area is 363 Å². The quantitative estimate of drug-likeness (QED) is 0.0475. The minimum atomic E-state index is 1.26. The minimum absolute atomic E-state index is 1.26. The third kappa shape index (κ3) is 42.1. The average Bonchev–Trinajstić information content (AvgIpc) is 3.21. The molecule has 0 spiro atoms. The minimum Gasteiger partial charge on any atom is -0.126 e. The number of unbranched alkanes of at least 4 members (excludes halogenated alkanes) is 42. The molecule has 0 N–H and O–H groups in total. The molecule has 0 amide bonds. The Hall–Kier alpha value is -0.0800.